The van der Waals surface area contributed by atoms with Crippen molar-refractivity contribution in [2.24, 2.45) is 0 Å². The lowest BCUT2D eigenvalue weighted by atomic mass is 10.1. The zero-order valence-corrected chi connectivity index (χ0v) is 19.7. The van der Waals surface area contributed by atoms with Crippen molar-refractivity contribution < 1.29 is 26.8 Å². The zero-order chi connectivity index (χ0) is 26.3. The van der Waals surface area contributed by atoms with Crippen LogP contribution in [0.2, 0.25) is 0 Å². The summed E-state index contributed by atoms with van der Waals surface area (Å²) in [5.74, 6) is -0.681. The van der Waals surface area contributed by atoms with Gasteiger partial charge >= 0.3 is 6.18 Å². The molecule has 0 saturated carbocycles. The predicted molar refractivity (Wildman–Crippen MR) is 128 cm³/mol. The van der Waals surface area contributed by atoms with Crippen molar-refractivity contribution in [3.05, 3.63) is 119 Å². The van der Waals surface area contributed by atoms with E-state index >= 15 is 0 Å². The summed E-state index contributed by atoms with van der Waals surface area (Å²) in [6.45, 7) is 0.571. The van der Waals surface area contributed by atoms with Crippen LogP contribution >= 0.6 is 0 Å². The molecule has 0 unspecified atom stereocenters. The van der Waals surface area contributed by atoms with E-state index in [1.54, 1.807) is 35.4 Å². The van der Waals surface area contributed by atoms with Gasteiger partial charge in [-0.1, -0.05) is 42.5 Å². The Bertz CT molecular complexity index is 1330. The molecule has 1 N–H and O–H groups in total. The van der Waals surface area contributed by atoms with E-state index in [1.165, 1.54) is 18.4 Å². The molecule has 1 amide bonds. The van der Waals surface area contributed by atoms with Gasteiger partial charge in [-0.05, 0) is 29.8 Å². The smallest absolute Gasteiger partial charge is 0.416 e. The second kappa shape index (κ2) is 11.8. The number of nitrogens with one attached hydrogen (secondary N) is 1. The summed E-state index contributed by atoms with van der Waals surface area (Å²) in [6.07, 6.45) is -1.04. The maximum absolute atomic E-state index is 14.3. The van der Waals surface area contributed by atoms with Crippen LogP contribution in [0.4, 0.5) is 17.6 Å². The molecule has 0 aliphatic rings. The number of halogens is 4. The van der Waals surface area contributed by atoms with Gasteiger partial charge in [0.25, 0.3) is 5.91 Å². The van der Waals surface area contributed by atoms with Crippen molar-refractivity contribution in [3.8, 4) is 0 Å². The Morgan fingerprint density at radius 3 is 2.54 bits per heavy atom. The normalized spacial score (nSPS) is 11.6. The molecule has 192 valence electrons. The molecule has 0 aliphatic heterocycles. The fraction of sp³-hybridized carbons (Fsp3) is 0.222. The Morgan fingerprint density at radius 1 is 0.973 bits per heavy atom. The van der Waals surface area contributed by atoms with Crippen molar-refractivity contribution in [3.63, 3.8) is 0 Å². The van der Waals surface area contributed by atoms with Crippen molar-refractivity contribution in [2.75, 3.05) is 6.54 Å². The number of carbonyl (C=O) groups is 1. The zero-order valence-electron chi connectivity index (χ0n) is 19.7. The van der Waals surface area contributed by atoms with E-state index in [9.17, 15) is 22.4 Å². The summed E-state index contributed by atoms with van der Waals surface area (Å²) < 4.78 is 59.3. The van der Waals surface area contributed by atoms with Crippen LogP contribution in [0.25, 0.3) is 0 Å². The Labute approximate surface area is 211 Å². The second-order valence-electron chi connectivity index (χ2n) is 8.39. The molecule has 2 aromatic heterocycles. The number of oxazole rings is 1. The summed E-state index contributed by atoms with van der Waals surface area (Å²) in [7, 11) is 0. The predicted octanol–water partition coefficient (Wildman–Crippen LogP) is 5.40. The molecule has 0 bridgehead atoms. The van der Waals surface area contributed by atoms with Crippen molar-refractivity contribution in [2.45, 2.75) is 32.2 Å². The number of benzene rings is 2. The van der Waals surface area contributed by atoms with Gasteiger partial charge in [-0.2, -0.15) is 13.2 Å². The van der Waals surface area contributed by atoms with Gasteiger partial charge in [-0.3, -0.25) is 14.7 Å². The van der Waals surface area contributed by atoms with Crippen LogP contribution in [-0.4, -0.2) is 27.3 Å². The standard InChI is InChI=1S/C27H24F4N4O2/c28-23-10-2-1-7-20(23)16-35(15-19-6-5-8-21(14-19)27(29,30)31)17-25-34-24(18-37-25)26(36)33-13-11-22-9-3-4-12-32-22/h1-10,12,14,18H,11,13,15-17H2,(H,33,36). The molecular formula is C27H24F4N4O2. The van der Waals surface area contributed by atoms with E-state index in [4.69, 9.17) is 4.42 Å². The molecule has 0 aliphatic carbocycles. The van der Waals surface area contributed by atoms with Gasteiger partial charge < -0.3 is 9.73 Å². The summed E-state index contributed by atoms with van der Waals surface area (Å²) in [5, 5.41) is 2.75. The Morgan fingerprint density at radius 2 is 1.78 bits per heavy atom. The highest BCUT2D eigenvalue weighted by atomic mass is 19.4. The van der Waals surface area contributed by atoms with Crippen LogP contribution in [0, 0.1) is 5.82 Å². The molecule has 2 aromatic carbocycles. The SMILES string of the molecule is O=C(NCCc1ccccn1)c1coc(CN(Cc2cccc(C(F)(F)F)c2)Cc2ccccc2F)n1. The van der Waals surface area contributed by atoms with Gasteiger partial charge in [0.15, 0.2) is 5.69 Å². The number of hydrogen-bond donors (Lipinski definition) is 1. The summed E-state index contributed by atoms with van der Waals surface area (Å²) >= 11 is 0. The van der Waals surface area contributed by atoms with Gasteiger partial charge in [0.1, 0.15) is 12.1 Å². The average Bonchev–Trinajstić information content (AvgIpc) is 3.34. The van der Waals surface area contributed by atoms with Gasteiger partial charge in [0.05, 0.1) is 12.1 Å². The van der Waals surface area contributed by atoms with E-state index in [2.05, 4.69) is 15.3 Å². The summed E-state index contributed by atoms with van der Waals surface area (Å²) in [5.41, 5.74) is 0.901. The number of carbonyl (C=O) groups excluding carboxylic acids is 1. The first kappa shape index (κ1) is 26.0. The van der Waals surface area contributed by atoms with Gasteiger partial charge in [-0.15, -0.1) is 0 Å². The third kappa shape index (κ3) is 7.47. The molecule has 0 spiro atoms. The van der Waals surface area contributed by atoms with E-state index < -0.39 is 23.5 Å². The molecule has 37 heavy (non-hydrogen) atoms. The van der Waals surface area contributed by atoms with Gasteiger partial charge in [0.2, 0.25) is 5.89 Å². The molecule has 0 atom stereocenters. The highest BCUT2D eigenvalue weighted by Crippen LogP contribution is 2.30. The number of hydrogen-bond acceptors (Lipinski definition) is 5. The second-order valence-corrected chi connectivity index (χ2v) is 8.39. The number of amides is 1. The first-order valence-electron chi connectivity index (χ1n) is 11.5. The van der Waals surface area contributed by atoms with Crippen LogP contribution in [-0.2, 0) is 32.2 Å². The van der Waals surface area contributed by atoms with Crippen LogP contribution in [0.5, 0.6) is 0 Å². The number of rotatable bonds is 10. The van der Waals surface area contributed by atoms with Gasteiger partial charge in [0, 0.05) is 43.5 Å². The first-order chi connectivity index (χ1) is 17.8. The van der Waals surface area contributed by atoms with Crippen molar-refractivity contribution >= 4 is 5.91 Å². The molecule has 10 heteroatoms. The first-order valence-corrected chi connectivity index (χ1v) is 11.5. The molecule has 4 rings (SSSR count). The monoisotopic (exact) mass is 512 g/mol. The minimum absolute atomic E-state index is 0.0474. The van der Waals surface area contributed by atoms with E-state index in [0.717, 1.165) is 17.8 Å². The molecule has 4 aromatic rings. The minimum atomic E-state index is -4.48. The van der Waals surface area contributed by atoms with Crippen LogP contribution < -0.4 is 5.32 Å². The largest absolute Gasteiger partial charge is 0.447 e. The fourth-order valence-corrected chi connectivity index (χ4v) is 3.76. The van der Waals surface area contributed by atoms with E-state index in [0.29, 0.717) is 24.1 Å². The molecule has 0 saturated heterocycles. The lowest BCUT2D eigenvalue weighted by Crippen LogP contribution is -2.26. The Kier molecular flexibility index (Phi) is 8.29. The van der Waals surface area contributed by atoms with Crippen LogP contribution in [0.3, 0.4) is 0 Å². The van der Waals surface area contributed by atoms with Gasteiger partial charge in [-0.25, -0.2) is 9.37 Å². The van der Waals surface area contributed by atoms with E-state index in [1.807, 2.05) is 18.2 Å². The maximum atomic E-state index is 14.3. The average molecular weight is 513 g/mol. The highest BCUT2D eigenvalue weighted by Gasteiger charge is 2.30. The quantitative estimate of drug-likeness (QED) is 0.288. The third-order valence-corrected chi connectivity index (χ3v) is 5.55. The summed E-state index contributed by atoms with van der Waals surface area (Å²) in [6, 6.07) is 16.6. The molecule has 0 fully saturated rings. The number of alkyl halides is 3. The maximum Gasteiger partial charge on any atom is 0.416 e. The van der Waals surface area contributed by atoms with E-state index in [-0.39, 0.29) is 31.2 Å². The number of nitrogens with zero attached hydrogens (tertiary/aromatic N) is 3. The molecular weight excluding hydrogens is 488 g/mol. The topological polar surface area (TPSA) is 71.3 Å². The highest BCUT2D eigenvalue weighted by molar-refractivity contribution is 5.91. The Balaban J connectivity index is 1.45. The van der Waals surface area contributed by atoms with Crippen LogP contribution in [0.15, 0.2) is 83.6 Å². The van der Waals surface area contributed by atoms with Crippen molar-refractivity contribution in [1.29, 1.82) is 0 Å². The number of pyridine rings is 1. The molecule has 0 radical (unpaired) electrons. The molecule has 6 nitrogen and oxygen atoms in total. The lowest BCUT2D eigenvalue weighted by Gasteiger charge is -2.22. The molecule has 2 heterocycles. The Hall–Kier alpha value is -4.05. The van der Waals surface area contributed by atoms with Crippen molar-refractivity contribution in [1.82, 2.24) is 20.2 Å². The summed E-state index contributed by atoms with van der Waals surface area (Å²) in [4.78, 5) is 22.6. The number of aromatic nitrogens is 2. The fourth-order valence-electron chi connectivity index (χ4n) is 3.76. The lowest BCUT2D eigenvalue weighted by molar-refractivity contribution is -0.137. The minimum Gasteiger partial charge on any atom is -0.447 e. The third-order valence-electron chi connectivity index (χ3n) is 5.55. The van der Waals surface area contributed by atoms with Crippen LogP contribution in [0.1, 0.15) is 38.8 Å².